The second-order valence-corrected chi connectivity index (χ2v) is 4.87. The summed E-state index contributed by atoms with van der Waals surface area (Å²) >= 11 is 3.40. The Morgan fingerprint density at radius 2 is 2.11 bits per heavy atom. The first-order valence-electron chi connectivity index (χ1n) is 5.61. The summed E-state index contributed by atoms with van der Waals surface area (Å²) in [7, 11) is 1.62. The van der Waals surface area contributed by atoms with Gasteiger partial charge in [-0.05, 0) is 19.1 Å². The first kappa shape index (κ1) is 12.8. The van der Waals surface area contributed by atoms with Gasteiger partial charge in [0.05, 0.1) is 5.56 Å². The molecule has 4 nitrogen and oxygen atoms in total. The van der Waals surface area contributed by atoms with E-state index in [-0.39, 0.29) is 0 Å². The number of halogens is 1. The van der Waals surface area contributed by atoms with E-state index < -0.39 is 11.7 Å². The number of rotatable bonds is 3. The summed E-state index contributed by atoms with van der Waals surface area (Å²) in [5.74, 6) is -0.980. The molecule has 1 aromatic heterocycles. The molecule has 1 heterocycles. The second kappa shape index (κ2) is 4.94. The quantitative estimate of drug-likeness (QED) is 0.700. The van der Waals surface area contributed by atoms with Gasteiger partial charge >= 0.3 is 0 Å². The lowest BCUT2D eigenvalue weighted by atomic mass is 10.1. The van der Waals surface area contributed by atoms with Gasteiger partial charge in [-0.3, -0.25) is 9.59 Å². The van der Waals surface area contributed by atoms with Gasteiger partial charge in [-0.1, -0.05) is 22.0 Å². The zero-order valence-corrected chi connectivity index (χ0v) is 11.7. The number of likely N-dealkylation sites (N-methyl/N-ethyl adjacent to an activating group) is 1. The van der Waals surface area contributed by atoms with Gasteiger partial charge in [0.1, 0.15) is 0 Å². The van der Waals surface area contributed by atoms with Crippen LogP contribution in [0.25, 0.3) is 10.9 Å². The second-order valence-electron chi connectivity index (χ2n) is 4.01. The van der Waals surface area contributed by atoms with E-state index in [9.17, 15) is 9.59 Å². The zero-order chi connectivity index (χ0) is 13.3. The van der Waals surface area contributed by atoms with E-state index in [1.807, 2.05) is 25.1 Å². The molecule has 94 valence electrons. The molecule has 0 spiro atoms. The SMILES string of the molecule is CCN(C)C(=O)C(=O)c1c[nH]c2cccc(Br)c12. The molecule has 5 heteroatoms. The molecule has 2 rings (SSSR count). The van der Waals surface area contributed by atoms with Crippen LogP contribution in [-0.4, -0.2) is 35.2 Å². The summed E-state index contributed by atoms with van der Waals surface area (Å²) in [6.45, 7) is 2.34. The van der Waals surface area contributed by atoms with Crippen molar-refractivity contribution in [3.63, 3.8) is 0 Å². The maximum Gasteiger partial charge on any atom is 0.294 e. The highest BCUT2D eigenvalue weighted by Gasteiger charge is 2.23. The number of amides is 1. The minimum atomic E-state index is -0.492. The molecule has 0 atom stereocenters. The maximum atomic E-state index is 12.1. The maximum absolute atomic E-state index is 12.1. The van der Waals surface area contributed by atoms with E-state index in [0.717, 1.165) is 15.4 Å². The predicted octanol–water partition coefficient (Wildman–Crippen LogP) is 2.59. The van der Waals surface area contributed by atoms with Crippen molar-refractivity contribution in [3.8, 4) is 0 Å². The van der Waals surface area contributed by atoms with Crippen molar-refractivity contribution in [3.05, 3.63) is 34.4 Å². The molecular formula is C13H13BrN2O2. The van der Waals surface area contributed by atoms with Crippen LogP contribution in [0.2, 0.25) is 0 Å². The van der Waals surface area contributed by atoms with Gasteiger partial charge in [0.25, 0.3) is 11.7 Å². The molecule has 0 aliphatic heterocycles. The molecule has 1 aromatic carbocycles. The Morgan fingerprint density at radius 1 is 1.39 bits per heavy atom. The van der Waals surface area contributed by atoms with Crippen LogP contribution in [0.1, 0.15) is 17.3 Å². The Kier molecular flexibility index (Phi) is 3.52. The van der Waals surface area contributed by atoms with E-state index in [0.29, 0.717) is 12.1 Å². The predicted molar refractivity (Wildman–Crippen MR) is 73.6 cm³/mol. The molecule has 18 heavy (non-hydrogen) atoms. The van der Waals surface area contributed by atoms with Crippen LogP contribution in [0, 0.1) is 0 Å². The average molecular weight is 309 g/mol. The Hall–Kier alpha value is -1.62. The number of fused-ring (bicyclic) bond motifs is 1. The monoisotopic (exact) mass is 308 g/mol. The van der Waals surface area contributed by atoms with Crippen LogP contribution >= 0.6 is 15.9 Å². The number of hydrogen-bond acceptors (Lipinski definition) is 2. The molecule has 0 bridgehead atoms. The fourth-order valence-corrected chi connectivity index (χ4v) is 2.33. The molecule has 0 saturated carbocycles. The number of carbonyl (C=O) groups excluding carboxylic acids is 2. The number of aromatic amines is 1. The van der Waals surface area contributed by atoms with Crippen molar-refractivity contribution in [1.29, 1.82) is 0 Å². The van der Waals surface area contributed by atoms with Crippen molar-refractivity contribution >= 4 is 38.5 Å². The van der Waals surface area contributed by atoms with E-state index in [1.54, 1.807) is 13.2 Å². The lowest BCUT2D eigenvalue weighted by Crippen LogP contribution is -2.32. The minimum Gasteiger partial charge on any atom is -0.360 e. The van der Waals surface area contributed by atoms with Gasteiger partial charge in [0.15, 0.2) is 0 Å². The number of hydrogen-bond donors (Lipinski definition) is 1. The van der Waals surface area contributed by atoms with Gasteiger partial charge < -0.3 is 9.88 Å². The topological polar surface area (TPSA) is 53.2 Å². The third-order valence-corrected chi connectivity index (χ3v) is 3.58. The Balaban J connectivity index is 2.49. The lowest BCUT2D eigenvalue weighted by Gasteiger charge is -2.12. The van der Waals surface area contributed by atoms with Gasteiger partial charge in [-0.25, -0.2) is 0 Å². The summed E-state index contributed by atoms with van der Waals surface area (Å²) < 4.78 is 0.802. The molecule has 1 amide bonds. The molecule has 0 radical (unpaired) electrons. The number of ketones is 1. The first-order chi connectivity index (χ1) is 8.56. The standard InChI is InChI=1S/C13H13BrN2O2/c1-3-16(2)13(18)12(17)8-7-15-10-6-4-5-9(14)11(8)10/h4-7,15H,3H2,1-2H3. The fraction of sp³-hybridized carbons (Fsp3) is 0.231. The largest absolute Gasteiger partial charge is 0.360 e. The smallest absolute Gasteiger partial charge is 0.294 e. The van der Waals surface area contributed by atoms with E-state index >= 15 is 0 Å². The highest BCUT2D eigenvalue weighted by molar-refractivity contribution is 9.10. The molecule has 0 saturated heterocycles. The molecule has 0 aliphatic carbocycles. The Labute approximate surface area is 113 Å². The van der Waals surface area contributed by atoms with Gasteiger partial charge in [0, 0.05) is 35.2 Å². The van der Waals surface area contributed by atoms with Crippen LogP contribution in [0.15, 0.2) is 28.9 Å². The molecule has 2 aromatic rings. The third-order valence-electron chi connectivity index (χ3n) is 2.91. The molecule has 0 unspecified atom stereocenters. The summed E-state index contributed by atoms with van der Waals surface area (Å²) in [6, 6.07) is 5.59. The number of aromatic nitrogens is 1. The molecule has 1 N–H and O–H groups in total. The number of nitrogens with zero attached hydrogens (tertiary/aromatic N) is 1. The van der Waals surface area contributed by atoms with Crippen LogP contribution in [0.5, 0.6) is 0 Å². The third kappa shape index (κ3) is 2.06. The van der Waals surface area contributed by atoms with Crippen LogP contribution in [0.4, 0.5) is 0 Å². The van der Waals surface area contributed by atoms with Crippen molar-refractivity contribution in [2.75, 3.05) is 13.6 Å². The van der Waals surface area contributed by atoms with Crippen LogP contribution in [-0.2, 0) is 4.79 Å². The molecule has 0 fully saturated rings. The Bertz CT molecular complexity index is 618. The number of H-pyrrole nitrogens is 1. The zero-order valence-electron chi connectivity index (χ0n) is 10.2. The van der Waals surface area contributed by atoms with Gasteiger partial charge in [-0.2, -0.15) is 0 Å². The number of Topliss-reactive ketones (excluding diaryl/α,β-unsaturated/α-hetero) is 1. The summed E-state index contributed by atoms with van der Waals surface area (Å²) in [5, 5.41) is 0.750. The van der Waals surface area contributed by atoms with E-state index in [1.165, 1.54) is 4.90 Å². The van der Waals surface area contributed by atoms with E-state index in [2.05, 4.69) is 20.9 Å². The van der Waals surface area contributed by atoms with Crippen molar-refractivity contribution in [1.82, 2.24) is 9.88 Å². The minimum absolute atomic E-state index is 0.405. The number of carbonyl (C=O) groups is 2. The first-order valence-corrected chi connectivity index (χ1v) is 6.41. The van der Waals surface area contributed by atoms with Crippen LogP contribution < -0.4 is 0 Å². The highest BCUT2D eigenvalue weighted by atomic mass is 79.9. The summed E-state index contributed by atoms with van der Waals surface area (Å²) in [4.78, 5) is 28.4. The summed E-state index contributed by atoms with van der Waals surface area (Å²) in [6.07, 6.45) is 1.58. The lowest BCUT2D eigenvalue weighted by molar-refractivity contribution is -0.125. The normalized spacial score (nSPS) is 10.6. The van der Waals surface area contributed by atoms with Gasteiger partial charge in [-0.15, -0.1) is 0 Å². The van der Waals surface area contributed by atoms with Gasteiger partial charge in [0.2, 0.25) is 0 Å². The Morgan fingerprint density at radius 3 is 2.78 bits per heavy atom. The highest BCUT2D eigenvalue weighted by Crippen LogP contribution is 2.27. The van der Waals surface area contributed by atoms with Crippen molar-refractivity contribution in [2.45, 2.75) is 6.92 Å². The van der Waals surface area contributed by atoms with Crippen molar-refractivity contribution in [2.24, 2.45) is 0 Å². The average Bonchev–Trinajstić information content (AvgIpc) is 2.81. The number of nitrogens with one attached hydrogen (secondary N) is 1. The van der Waals surface area contributed by atoms with Crippen LogP contribution in [0.3, 0.4) is 0 Å². The van der Waals surface area contributed by atoms with E-state index in [4.69, 9.17) is 0 Å². The van der Waals surface area contributed by atoms with Crippen molar-refractivity contribution < 1.29 is 9.59 Å². The fourth-order valence-electron chi connectivity index (χ4n) is 1.75. The summed E-state index contributed by atoms with van der Waals surface area (Å²) in [5.41, 5.74) is 1.24. The number of benzene rings is 1. The molecular weight excluding hydrogens is 296 g/mol. The molecule has 0 aliphatic rings.